The van der Waals surface area contributed by atoms with Crippen molar-refractivity contribution in [2.75, 3.05) is 20.2 Å². The summed E-state index contributed by atoms with van der Waals surface area (Å²) in [6, 6.07) is 13.9. The molecule has 23 heavy (non-hydrogen) atoms. The molecule has 0 aliphatic carbocycles. The molecule has 4 heteroatoms. The third-order valence-electron chi connectivity index (χ3n) is 3.65. The lowest BCUT2D eigenvalue weighted by atomic mass is 10.1. The second-order valence-electron chi connectivity index (χ2n) is 5.46. The Morgan fingerprint density at radius 2 is 1.83 bits per heavy atom. The Balaban J connectivity index is 2.05. The molecule has 0 saturated carbocycles. The highest BCUT2D eigenvalue weighted by atomic mass is 19.1. The Hall–Kier alpha value is -2.20. The van der Waals surface area contributed by atoms with Crippen LogP contribution in [-0.4, -0.2) is 30.9 Å². The number of ketones is 1. The van der Waals surface area contributed by atoms with Gasteiger partial charge in [0.25, 0.3) is 0 Å². The highest BCUT2D eigenvalue weighted by molar-refractivity contribution is 5.97. The van der Waals surface area contributed by atoms with Crippen LogP contribution >= 0.6 is 0 Å². The predicted molar refractivity (Wildman–Crippen MR) is 89.3 cm³/mol. The van der Waals surface area contributed by atoms with Crippen molar-refractivity contribution >= 4 is 5.78 Å². The van der Waals surface area contributed by atoms with Crippen LogP contribution < -0.4 is 4.74 Å². The molecule has 0 heterocycles. The van der Waals surface area contributed by atoms with Gasteiger partial charge in [0.15, 0.2) is 5.78 Å². The Bertz CT molecular complexity index is 640. The first-order valence-corrected chi connectivity index (χ1v) is 7.77. The van der Waals surface area contributed by atoms with Gasteiger partial charge < -0.3 is 4.74 Å². The van der Waals surface area contributed by atoms with Crippen LogP contribution in [0.4, 0.5) is 4.39 Å². The third-order valence-corrected chi connectivity index (χ3v) is 3.65. The minimum atomic E-state index is -0.460. The van der Waals surface area contributed by atoms with E-state index in [0.717, 1.165) is 24.3 Å². The molecule has 0 N–H and O–H groups in total. The van der Waals surface area contributed by atoms with Crippen molar-refractivity contribution in [2.45, 2.75) is 19.9 Å². The molecule has 0 aliphatic rings. The molecular weight excluding hydrogens is 293 g/mol. The van der Waals surface area contributed by atoms with E-state index < -0.39 is 5.82 Å². The van der Waals surface area contributed by atoms with Gasteiger partial charge in [0, 0.05) is 6.54 Å². The number of methoxy groups -OCH3 is 1. The fourth-order valence-electron chi connectivity index (χ4n) is 2.49. The molecular formula is C19H22FNO2. The van der Waals surface area contributed by atoms with Gasteiger partial charge in [-0.3, -0.25) is 9.69 Å². The van der Waals surface area contributed by atoms with Crippen molar-refractivity contribution in [1.29, 1.82) is 0 Å². The monoisotopic (exact) mass is 315 g/mol. The van der Waals surface area contributed by atoms with Crippen LogP contribution in [0.2, 0.25) is 0 Å². The molecule has 2 aromatic carbocycles. The van der Waals surface area contributed by atoms with Gasteiger partial charge in [0.2, 0.25) is 0 Å². The summed E-state index contributed by atoms with van der Waals surface area (Å²) in [5.74, 6) is 0.154. The Morgan fingerprint density at radius 1 is 1.13 bits per heavy atom. The van der Waals surface area contributed by atoms with Gasteiger partial charge in [0.1, 0.15) is 11.6 Å². The fraction of sp³-hybridized carbons (Fsp3) is 0.316. The highest BCUT2D eigenvalue weighted by Crippen LogP contribution is 2.14. The van der Waals surface area contributed by atoms with Crippen LogP contribution in [0.15, 0.2) is 48.5 Å². The van der Waals surface area contributed by atoms with E-state index in [1.165, 1.54) is 12.1 Å². The van der Waals surface area contributed by atoms with Gasteiger partial charge in [-0.05, 0) is 42.8 Å². The van der Waals surface area contributed by atoms with Crippen molar-refractivity contribution in [3.8, 4) is 5.75 Å². The molecule has 122 valence electrons. The van der Waals surface area contributed by atoms with E-state index in [1.807, 2.05) is 29.2 Å². The van der Waals surface area contributed by atoms with Crippen LogP contribution in [0.1, 0.15) is 29.3 Å². The molecule has 0 aromatic heterocycles. The van der Waals surface area contributed by atoms with Crippen molar-refractivity contribution in [2.24, 2.45) is 0 Å². The Labute approximate surface area is 136 Å². The Kier molecular flexibility index (Phi) is 6.29. The quantitative estimate of drug-likeness (QED) is 0.691. The number of Topliss-reactive ketones (excluding diaryl/α,β-unsaturated/α-hetero) is 1. The van der Waals surface area contributed by atoms with Crippen LogP contribution in [0.25, 0.3) is 0 Å². The zero-order valence-electron chi connectivity index (χ0n) is 13.6. The summed E-state index contributed by atoms with van der Waals surface area (Å²) < 4.78 is 18.9. The molecule has 2 rings (SSSR count). The number of carbonyl (C=O) groups excluding carboxylic acids is 1. The Morgan fingerprint density at radius 3 is 2.43 bits per heavy atom. The summed E-state index contributed by atoms with van der Waals surface area (Å²) in [6.07, 6.45) is 0.931. The van der Waals surface area contributed by atoms with E-state index in [-0.39, 0.29) is 17.9 Å². The highest BCUT2D eigenvalue weighted by Gasteiger charge is 2.15. The first-order valence-electron chi connectivity index (χ1n) is 7.77. The van der Waals surface area contributed by atoms with E-state index in [9.17, 15) is 9.18 Å². The zero-order valence-corrected chi connectivity index (χ0v) is 13.6. The molecule has 0 saturated heterocycles. The molecule has 0 spiro atoms. The topological polar surface area (TPSA) is 29.5 Å². The summed E-state index contributed by atoms with van der Waals surface area (Å²) in [5, 5.41) is 0. The maximum absolute atomic E-state index is 13.7. The zero-order chi connectivity index (χ0) is 16.7. The van der Waals surface area contributed by atoms with E-state index in [0.29, 0.717) is 6.54 Å². The first kappa shape index (κ1) is 17.2. The normalized spacial score (nSPS) is 10.8. The predicted octanol–water partition coefficient (Wildman–Crippen LogP) is 3.93. The van der Waals surface area contributed by atoms with Gasteiger partial charge in [0.05, 0.1) is 19.2 Å². The van der Waals surface area contributed by atoms with E-state index in [1.54, 1.807) is 19.2 Å². The van der Waals surface area contributed by atoms with Crippen LogP contribution in [-0.2, 0) is 6.54 Å². The number of halogens is 1. The van der Waals surface area contributed by atoms with Gasteiger partial charge in [-0.25, -0.2) is 4.39 Å². The lowest BCUT2D eigenvalue weighted by Gasteiger charge is -2.21. The van der Waals surface area contributed by atoms with Crippen LogP contribution in [0.3, 0.4) is 0 Å². The molecule has 0 atom stereocenters. The molecule has 0 fully saturated rings. The molecule has 0 unspecified atom stereocenters. The number of hydrogen-bond acceptors (Lipinski definition) is 3. The maximum atomic E-state index is 13.7. The van der Waals surface area contributed by atoms with Gasteiger partial charge >= 0.3 is 0 Å². The van der Waals surface area contributed by atoms with Gasteiger partial charge in [-0.2, -0.15) is 0 Å². The molecule has 2 aromatic rings. The van der Waals surface area contributed by atoms with E-state index in [4.69, 9.17) is 4.74 Å². The summed E-state index contributed by atoms with van der Waals surface area (Å²) >= 11 is 0. The van der Waals surface area contributed by atoms with Gasteiger partial charge in [-0.15, -0.1) is 0 Å². The molecule has 0 bridgehead atoms. The van der Waals surface area contributed by atoms with E-state index in [2.05, 4.69) is 6.92 Å². The average molecular weight is 315 g/mol. The second-order valence-corrected chi connectivity index (χ2v) is 5.46. The molecule has 0 amide bonds. The van der Waals surface area contributed by atoms with Crippen LogP contribution in [0, 0.1) is 5.82 Å². The molecule has 0 radical (unpaired) electrons. The molecule has 3 nitrogen and oxygen atoms in total. The summed E-state index contributed by atoms with van der Waals surface area (Å²) in [7, 11) is 1.63. The summed E-state index contributed by atoms with van der Waals surface area (Å²) in [4.78, 5) is 14.4. The standard InChI is InChI=1S/C19H22FNO2/c1-3-12-21(13-15-8-10-16(23-2)11-9-15)14-19(22)17-6-4-5-7-18(17)20/h4-11H,3,12-14H2,1-2H3. The lowest BCUT2D eigenvalue weighted by molar-refractivity contribution is 0.0921. The number of carbonyl (C=O) groups is 1. The minimum Gasteiger partial charge on any atom is -0.497 e. The second kappa shape index (κ2) is 8.44. The number of nitrogens with zero attached hydrogens (tertiary/aromatic N) is 1. The van der Waals surface area contributed by atoms with Crippen molar-refractivity contribution in [3.05, 3.63) is 65.5 Å². The smallest absolute Gasteiger partial charge is 0.179 e. The number of benzene rings is 2. The lowest BCUT2D eigenvalue weighted by Crippen LogP contribution is -2.30. The summed E-state index contributed by atoms with van der Waals surface area (Å²) in [5.41, 5.74) is 1.25. The van der Waals surface area contributed by atoms with E-state index >= 15 is 0 Å². The minimum absolute atomic E-state index is 0.156. The number of ether oxygens (including phenoxy) is 1. The maximum Gasteiger partial charge on any atom is 0.179 e. The average Bonchev–Trinajstić information content (AvgIpc) is 2.56. The number of rotatable bonds is 8. The first-order chi connectivity index (χ1) is 11.1. The van der Waals surface area contributed by atoms with Crippen molar-refractivity contribution in [3.63, 3.8) is 0 Å². The van der Waals surface area contributed by atoms with Gasteiger partial charge in [-0.1, -0.05) is 31.2 Å². The fourth-order valence-corrected chi connectivity index (χ4v) is 2.49. The third kappa shape index (κ3) is 4.89. The molecule has 0 aliphatic heterocycles. The largest absolute Gasteiger partial charge is 0.497 e. The number of hydrogen-bond donors (Lipinski definition) is 0. The van der Waals surface area contributed by atoms with Crippen molar-refractivity contribution in [1.82, 2.24) is 4.90 Å². The van der Waals surface area contributed by atoms with Crippen molar-refractivity contribution < 1.29 is 13.9 Å². The summed E-state index contributed by atoms with van der Waals surface area (Å²) in [6.45, 7) is 3.71. The van der Waals surface area contributed by atoms with Crippen LogP contribution in [0.5, 0.6) is 5.75 Å². The SMILES string of the molecule is CCCN(CC(=O)c1ccccc1F)Cc1ccc(OC)cc1.